The highest BCUT2D eigenvalue weighted by Gasteiger charge is 2.45. The molecule has 4 nitrogen and oxygen atoms in total. The minimum atomic E-state index is -0.699. The highest BCUT2D eigenvalue weighted by Crippen LogP contribution is 2.45. The van der Waals surface area contributed by atoms with E-state index in [2.05, 4.69) is 43.4 Å². The summed E-state index contributed by atoms with van der Waals surface area (Å²) in [6, 6.07) is 16.5. The van der Waals surface area contributed by atoms with Gasteiger partial charge in [0.05, 0.1) is 19.8 Å². The summed E-state index contributed by atoms with van der Waals surface area (Å²) < 4.78 is 10.6. The maximum absolute atomic E-state index is 11.5. The van der Waals surface area contributed by atoms with Gasteiger partial charge in [-0.3, -0.25) is 0 Å². The van der Waals surface area contributed by atoms with Crippen LogP contribution in [0.4, 0.5) is 0 Å². The molecule has 146 valence electrons. The molecule has 2 aromatic carbocycles. The van der Waals surface area contributed by atoms with Crippen molar-refractivity contribution in [3.63, 3.8) is 0 Å². The van der Waals surface area contributed by atoms with Gasteiger partial charge in [-0.1, -0.05) is 44.5 Å². The fourth-order valence-corrected chi connectivity index (χ4v) is 4.28. The summed E-state index contributed by atoms with van der Waals surface area (Å²) in [5.74, 6) is 1.80. The topological polar surface area (TPSA) is 50.7 Å². The molecule has 0 aliphatic carbocycles. The van der Waals surface area contributed by atoms with Gasteiger partial charge in [0.25, 0.3) is 0 Å². The summed E-state index contributed by atoms with van der Waals surface area (Å²) >= 11 is 0. The summed E-state index contributed by atoms with van der Waals surface area (Å²) in [6.07, 6.45) is 2.47. The Hall–Kier alpha value is -2.04. The first-order valence-electron chi connectivity index (χ1n) is 9.77. The second-order valence-electron chi connectivity index (χ2n) is 7.59. The van der Waals surface area contributed by atoms with E-state index >= 15 is 0 Å². The number of benzene rings is 2. The van der Waals surface area contributed by atoms with Gasteiger partial charge in [0.15, 0.2) is 0 Å². The number of aliphatic hydroxyl groups is 1. The van der Waals surface area contributed by atoms with Crippen molar-refractivity contribution in [1.29, 1.82) is 0 Å². The largest absolute Gasteiger partial charge is 0.497 e. The van der Waals surface area contributed by atoms with Crippen molar-refractivity contribution >= 4 is 0 Å². The first-order valence-corrected chi connectivity index (χ1v) is 9.77. The van der Waals surface area contributed by atoms with E-state index in [1.54, 1.807) is 14.2 Å². The maximum atomic E-state index is 11.5. The van der Waals surface area contributed by atoms with Crippen LogP contribution in [0.2, 0.25) is 0 Å². The normalized spacial score (nSPS) is 28.0. The predicted molar refractivity (Wildman–Crippen MR) is 108 cm³/mol. The first-order chi connectivity index (χ1) is 13.0. The molecule has 4 atom stereocenters. The summed E-state index contributed by atoms with van der Waals surface area (Å²) in [5.41, 5.74) is 1.65. The van der Waals surface area contributed by atoms with Crippen molar-refractivity contribution in [1.82, 2.24) is 5.32 Å². The molecule has 0 amide bonds. The number of hydrogen-bond acceptors (Lipinski definition) is 4. The molecular formula is C23H31NO3. The van der Waals surface area contributed by atoms with E-state index in [4.69, 9.17) is 9.47 Å². The van der Waals surface area contributed by atoms with Gasteiger partial charge in [-0.15, -0.1) is 0 Å². The molecule has 1 saturated heterocycles. The van der Waals surface area contributed by atoms with E-state index in [9.17, 15) is 5.11 Å². The first kappa shape index (κ1) is 19.7. The van der Waals surface area contributed by atoms with Crippen LogP contribution in [0.25, 0.3) is 0 Å². The molecule has 1 aliphatic rings. The number of methoxy groups -OCH3 is 2. The average molecular weight is 370 g/mol. The van der Waals surface area contributed by atoms with Gasteiger partial charge in [-0.25, -0.2) is 0 Å². The molecule has 4 heteroatoms. The number of nitrogens with one attached hydrogen (secondary N) is 1. The zero-order valence-corrected chi connectivity index (χ0v) is 16.7. The lowest BCUT2D eigenvalue weighted by Gasteiger charge is -2.48. The second kappa shape index (κ2) is 8.32. The molecule has 27 heavy (non-hydrogen) atoms. The lowest BCUT2D eigenvalue weighted by molar-refractivity contribution is -0.0743. The van der Waals surface area contributed by atoms with Crippen molar-refractivity contribution in [2.75, 3.05) is 14.2 Å². The molecule has 1 heterocycles. The van der Waals surface area contributed by atoms with Crippen molar-refractivity contribution < 1.29 is 14.6 Å². The molecular weight excluding hydrogens is 338 g/mol. The van der Waals surface area contributed by atoms with Gasteiger partial charge in [0.2, 0.25) is 0 Å². The summed E-state index contributed by atoms with van der Waals surface area (Å²) in [4.78, 5) is 0. The van der Waals surface area contributed by atoms with Gasteiger partial charge in [-0.05, 0) is 48.2 Å². The molecule has 0 aromatic heterocycles. The number of ether oxygens (including phenoxy) is 2. The van der Waals surface area contributed by atoms with Crippen LogP contribution in [0.5, 0.6) is 11.5 Å². The van der Waals surface area contributed by atoms with Crippen LogP contribution in [0.1, 0.15) is 56.3 Å². The highest BCUT2D eigenvalue weighted by atomic mass is 16.5. The van der Waals surface area contributed by atoms with Gasteiger partial charge >= 0.3 is 0 Å². The van der Waals surface area contributed by atoms with Crippen LogP contribution in [0.15, 0.2) is 48.5 Å². The van der Waals surface area contributed by atoms with Gasteiger partial charge in [0.1, 0.15) is 11.5 Å². The van der Waals surface area contributed by atoms with E-state index in [1.807, 2.05) is 24.3 Å². The van der Waals surface area contributed by atoms with Crippen LogP contribution >= 0.6 is 0 Å². The van der Waals surface area contributed by atoms with E-state index in [0.29, 0.717) is 6.42 Å². The van der Waals surface area contributed by atoms with E-state index in [0.717, 1.165) is 24.3 Å². The zero-order chi connectivity index (χ0) is 19.4. The molecule has 2 N–H and O–H groups in total. The molecule has 1 fully saturated rings. The highest BCUT2D eigenvalue weighted by molar-refractivity contribution is 5.33. The van der Waals surface area contributed by atoms with Crippen molar-refractivity contribution in [2.24, 2.45) is 5.92 Å². The number of piperidine rings is 1. The Morgan fingerprint density at radius 3 is 1.96 bits per heavy atom. The third-order valence-corrected chi connectivity index (χ3v) is 5.96. The van der Waals surface area contributed by atoms with Gasteiger partial charge in [0, 0.05) is 18.0 Å². The standard InChI is InChI=1S/C23H31NO3/c1-5-14-23(25)15-21(17-6-10-19(26-3)11-7-17)24-22(16(23)2)18-8-12-20(27-4)13-9-18/h6-13,16,21-22,24-25H,5,14-15H2,1-4H3/t16-,21+,22+,23-/m0/s1. The smallest absolute Gasteiger partial charge is 0.118 e. The molecule has 0 spiro atoms. The van der Waals surface area contributed by atoms with E-state index in [-0.39, 0.29) is 18.0 Å². The third-order valence-electron chi connectivity index (χ3n) is 5.96. The summed E-state index contributed by atoms with van der Waals surface area (Å²) in [5, 5.41) is 15.3. The fraction of sp³-hybridized carbons (Fsp3) is 0.478. The minimum absolute atomic E-state index is 0.0771. The van der Waals surface area contributed by atoms with Crippen molar-refractivity contribution in [2.45, 2.75) is 50.8 Å². The predicted octanol–water partition coefficient (Wildman–Crippen LogP) is 4.65. The monoisotopic (exact) mass is 369 g/mol. The Balaban J connectivity index is 1.93. The quantitative estimate of drug-likeness (QED) is 0.778. The van der Waals surface area contributed by atoms with Crippen molar-refractivity contribution in [3.05, 3.63) is 59.7 Å². The fourth-order valence-electron chi connectivity index (χ4n) is 4.28. The van der Waals surface area contributed by atoms with Crippen LogP contribution in [-0.4, -0.2) is 24.9 Å². The lowest BCUT2D eigenvalue weighted by Crippen LogP contribution is -2.52. The van der Waals surface area contributed by atoms with Crippen LogP contribution < -0.4 is 14.8 Å². The minimum Gasteiger partial charge on any atom is -0.497 e. The Bertz CT molecular complexity index is 728. The average Bonchev–Trinajstić information content (AvgIpc) is 2.70. The van der Waals surface area contributed by atoms with Crippen LogP contribution in [0.3, 0.4) is 0 Å². The zero-order valence-electron chi connectivity index (χ0n) is 16.7. The molecule has 0 unspecified atom stereocenters. The molecule has 2 aromatic rings. The molecule has 0 radical (unpaired) electrons. The Morgan fingerprint density at radius 1 is 0.963 bits per heavy atom. The molecule has 1 aliphatic heterocycles. The SMILES string of the molecule is CCC[C@]1(O)C[C@H](c2ccc(OC)cc2)N[C@@H](c2ccc(OC)cc2)[C@@H]1C. The van der Waals surface area contributed by atoms with Crippen molar-refractivity contribution in [3.8, 4) is 11.5 Å². The van der Waals surface area contributed by atoms with E-state index < -0.39 is 5.60 Å². The lowest BCUT2D eigenvalue weighted by atomic mass is 9.70. The second-order valence-corrected chi connectivity index (χ2v) is 7.59. The molecule has 0 saturated carbocycles. The summed E-state index contributed by atoms with van der Waals surface area (Å²) in [6.45, 7) is 4.29. The van der Waals surface area contributed by atoms with Gasteiger partial charge in [-0.2, -0.15) is 0 Å². The van der Waals surface area contributed by atoms with Crippen LogP contribution in [-0.2, 0) is 0 Å². The maximum Gasteiger partial charge on any atom is 0.118 e. The van der Waals surface area contributed by atoms with Crippen LogP contribution in [0, 0.1) is 5.92 Å². The van der Waals surface area contributed by atoms with Gasteiger partial charge < -0.3 is 19.9 Å². The Morgan fingerprint density at radius 2 is 1.48 bits per heavy atom. The molecule has 0 bridgehead atoms. The number of hydrogen-bond donors (Lipinski definition) is 2. The summed E-state index contributed by atoms with van der Waals surface area (Å²) in [7, 11) is 3.35. The Kier molecular flexibility index (Phi) is 6.08. The molecule has 3 rings (SSSR count). The Labute approximate surface area is 162 Å². The third kappa shape index (κ3) is 4.12. The van der Waals surface area contributed by atoms with E-state index in [1.165, 1.54) is 11.1 Å². The number of rotatable bonds is 6.